The highest BCUT2D eigenvalue weighted by molar-refractivity contribution is 5.79. The standard InChI is InChI=1S/C15H23N3O/c1-11-6-7-17-9-13(11)10-18-15(19)14-5-3-2-4-12(14)8-16/h6-7,9,12,14H,2-5,8,10,16H2,1H3,(H,18,19). The number of hydrogen-bond acceptors (Lipinski definition) is 3. The predicted molar refractivity (Wildman–Crippen MR) is 75.3 cm³/mol. The van der Waals surface area contributed by atoms with E-state index in [1.54, 1.807) is 6.20 Å². The third-order valence-electron chi connectivity index (χ3n) is 4.15. The van der Waals surface area contributed by atoms with Crippen molar-refractivity contribution in [3.63, 3.8) is 0 Å². The van der Waals surface area contributed by atoms with Crippen LogP contribution in [0.25, 0.3) is 0 Å². The van der Waals surface area contributed by atoms with Crippen molar-refractivity contribution in [3.05, 3.63) is 29.6 Å². The highest BCUT2D eigenvalue weighted by Crippen LogP contribution is 2.29. The number of rotatable bonds is 4. The third kappa shape index (κ3) is 3.53. The minimum atomic E-state index is 0.0933. The lowest BCUT2D eigenvalue weighted by Gasteiger charge is -2.29. The van der Waals surface area contributed by atoms with Gasteiger partial charge < -0.3 is 11.1 Å². The van der Waals surface area contributed by atoms with E-state index in [1.807, 2.05) is 19.2 Å². The molecule has 0 spiro atoms. The topological polar surface area (TPSA) is 68.0 Å². The van der Waals surface area contributed by atoms with E-state index in [4.69, 9.17) is 5.73 Å². The lowest BCUT2D eigenvalue weighted by atomic mass is 9.79. The molecule has 4 nitrogen and oxygen atoms in total. The summed E-state index contributed by atoms with van der Waals surface area (Å²) < 4.78 is 0. The van der Waals surface area contributed by atoms with Crippen molar-refractivity contribution in [2.24, 2.45) is 17.6 Å². The molecule has 2 atom stereocenters. The van der Waals surface area contributed by atoms with E-state index in [0.717, 1.165) is 30.4 Å². The summed E-state index contributed by atoms with van der Waals surface area (Å²) in [6, 6.07) is 1.96. The Morgan fingerprint density at radius 2 is 2.26 bits per heavy atom. The van der Waals surface area contributed by atoms with Crippen LogP contribution in [0.15, 0.2) is 18.5 Å². The Hall–Kier alpha value is -1.42. The van der Waals surface area contributed by atoms with Gasteiger partial charge in [0, 0.05) is 24.9 Å². The molecule has 0 bridgehead atoms. The second-order valence-electron chi connectivity index (χ2n) is 5.41. The Kier molecular flexibility index (Phi) is 4.91. The fourth-order valence-electron chi connectivity index (χ4n) is 2.83. The first-order valence-electron chi connectivity index (χ1n) is 7.09. The van der Waals surface area contributed by atoms with Crippen LogP contribution in [0, 0.1) is 18.8 Å². The van der Waals surface area contributed by atoms with Gasteiger partial charge in [-0.15, -0.1) is 0 Å². The molecule has 1 aliphatic carbocycles. The van der Waals surface area contributed by atoms with Gasteiger partial charge in [-0.1, -0.05) is 12.8 Å². The van der Waals surface area contributed by atoms with Crippen LogP contribution in [0.3, 0.4) is 0 Å². The maximum absolute atomic E-state index is 12.3. The molecule has 0 radical (unpaired) electrons. The van der Waals surface area contributed by atoms with E-state index in [1.165, 1.54) is 6.42 Å². The summed E-state index contributed by atoms with van der Waals surface area (Å²) in [5.41, 5.74) is 8.01. The number of nitrogens with one attached hydrogen (secondary N) is 1. The van der Waals surface area contributed by atoms with Crippen LogP contribution in [0.2, 0.25) is 0 Å². The van der Waals surface area contributed by atoms with Gasteiger partial charge in [-0.3, -0.25) is 9.78 Å². The number of nitrogens with zero attached hydrogens (tertiary/aromatic N) is 1. The molecule has 1 fully saturated rings. The molecule has 19 heavy (non-hydrogen) atoms. The van der Waals surface area contributed by atoms with Crippen molar-refractivity contribution in [2.45, 2.75) is 39.2 Å². The molecule has 1 aliphatic rings. The molecule has 1 heterocycles. The zero-order valence-corrected chi connectivity index (χ0v) is 11.6. The first kappa shape index (κ1) is 14.0. The van der Waals surface area contributed by atoms with Crippen LogP contribution in [0.5, 0.6) is 0 Å². The lowest BCUT2D eigenvalue weighted by molar-refractivity contribution is -0.127. The van der Waals surface area contributed by atoms with Crippen LogP contribution in [-0.2, 0) is 11.3 Å². The van der Waals surface area contributed by atoms with E-state index >= 15 is 0 Å². The zero-order valence-electron chi connectivity index (χ0n) is 11.6. The van der Waals surface area contributed by atoms with Gasteiger partial charge in [-0.05, 0) is 49.4 Å². The van der Waals surface area contributed by atoms with E-state index in [9.17, 15) is 4.79 Å². The van der Waals surface area contributed by atoms with Gasteiger partial charge in [-0.2, -0.15) is 0 Å². The van der Waals surface area contributed by atoms with E-state index in [2.05, 4.69) is 10.3 Å². The Morgan fingerprint density at radius 3 is 3.00 bits per heavy atom. The summed E-state index contributed by atoms with van der Waals surface area (Å²) in [5, 5.41) is 3.04. The van der Waals surface area contributed by atoms with Crippen LogP contribution in [0.4, 0.5) is 0 Å². The maximum Gasteiger partial charge on any atom is 0.223 e. The van der Waals surface area contributed by atoms with Gasteiger partial charge in [-0.25, -0.2) is 0 Å². The van der Waals surface area contributed by atoms with Crippen molar-refractivity contribution in [1.29, 1.82) is 0 Å². The highest BCUT2D eigenvalue weighted by atomic mass is 16.1. The second-order valence-corrected chi connectivity index (χ2v) is 5.41. The number of nitrogens with two attached hydrogens (primary N) is 1. The number of carbonyl (C=O) groups excluding carboxylic acids is 1. The van der Waals surface area contributed by atoms with Gasteiger partial charge in [0.05, 0.1) is 0 Å². The molecule has 104 valence electrons. The average molecular weight is 261 g/mol. The Morgan fingerprint density at radius 1 is 1.47 bits per heavy atom. The van der Waals surface area contributed by atoms with Gasteiger partial charge in [0.2, 0.25) is 5.91 Å². The molecule has 3 N–H and O–H groups in total. The van der Waals surface area contributed by atoms with Crippen molar-refractivity contribution >= 4 is 5.91 Å². The summed E-state index contributed by atoms with van der Waals surface area (Å²) in [6.07, 6.45) is 7.98. The molecular formula is C15H23N3O. The minimum Gasteiger partial charge on any atom is -0.352 e. The molecule has 1 aromatic rings. The van der Waals surface area contributed by atoms with Crippen LogP contribution in [0.1, 0.15) is 36.8 Å². The first-order valence-corrected chi connectivity index (χ1v) is 7.09. The summed E-state index contributed by atoms with van der Waals surface area (Å²) in [6.45, 7) is 3.21. The van der Waals surface area contributed by atoms with Crippen LogP contribution < -0.4 is 11.1 Å². The molecule has 2 rings (SSSR count). The van der Waals surface area contributed by atoms with Crippen molar-refractivity contribution in [3.8, 4) is 0 Å². The fraction of sp³-hybridized carbons (Fsp3) is 0.600. The summed E-state index contributed by atoms with van der Waals surface area (Å²) >= 11 is 0. The molecule has 4 heteroatoms. The number of pyridine rings is 1. The fourth-order valence-corrected chi connectivity index (χ4v) is 2.83. The van der Waals surface area contributed by atoms with Crippen molar-refractivity contribution < 1.29 is 4.79 Å². The number of carbonyl (C=O) groups is 1. The molecule has 1 saturated carbocycles. The zero-order chi connectivity index (χ0) is 13.7. The summed E-state index contributed by atoms with van der Waals surface area (Å²) in [5.74, 6) is 0.595. The monoisotopic (exact) mass is 261 g/mol. The van der Waals surface area contributed by atoms with Crippen molar-refractivity contribution in [1.82, 2.24) is 10.3 Å². The largest absolute Gasteiger partial charge is 0.352 e. The Bertz CT molecular complexity index is 433. The van der Waals surface area contributed by atoms with E-state index < -0.39 is 0 Å². The number of aromatic nitrogens is 1. The Labute approximate surface area is 114 Å². The van der Waals surface area contributed by atoms with Gasteiger partial charge in [0.1, 0.15) is 0 Å². The van der Waals surface area contributed by atoms with Crippen molar-refractivity contribution in [2.75, 3.05) is 6.54 Å². The summed E-state index contributed by atoms with van der Waals surface area (Å²) in [4.78, 5) is 16.4. The maximum atomic E-state index is 12.3. The number of hydrogen-bond donors (Lipinski definition) is 2. The highest BCUT2D eigenvalue weighted by Gasteiger charge is 2.29. The summed E-state index contributed by atoms with van der Waals surface area (Å²) in [7, 11) is 0. The van der Waals surface area contributed by atoms with Gasteiger partial charge in [0.25, 0.3) is 0 Å². The lowest BCUT2D eigenvalue weighted by Crippen LogP contribution is -2.39. The second kappa shape index (κ2) is 6.66. The molecule has 0 aliphatic heterocycles. The number of amides is 1. The Balaban J connectivity index is 1.92. The normalized spacial score (nSPS) is 23.1. The van der Waals surface area contributed by atoms with Crippen LogP contribution >= 0.6 is 0 Å². The molecule has 0 aromatic carbocycles. The number of aryl methyl sites for hydroxylation is 1. The first-order chi connectivity index (χ1) is 9.22. The molecular weight excluding hydrogens is 238 g/mol. The van der Waals surface area contributed by atoms with Crippen LogP contribution in [-0.4, -0.2) is 17.4 Å². The predicted octanol–water partition coefficient (Wildman–Crippen LogP) is 1.77. The van der Waals surface area contributed by atoms with Gasteiger partial charge in [0.15, 0.2) is 0 Å². The van der Waals surface area contributed by atoms with Gasteiger partial charge >= 0.3 is 0 Å². The van der Waals surface area contributed by atoms with E-state index in [-0.39, 0.29) is 11.8 Å². The molecule has 0 saturated heterocycles. The molecule has 1 aromatic heterocycles. The third-order valence-corrected chi connectivity index (χ3v) is 4.15. The molecule has 1 amide bonds. The minimum absolute atomic E-state index is 0.0933. The average Bonchev–Trinajstić information content (AvgIpc) is 2.46. The quantitative estimate of drug-likeness (QED) is 0.868. The van der Waals surface area contributed by atoms with E-state index in [0.29, 0.717) is 19.0 Å². The smallest absolute Gasteiger partial charge is 0.223 e. The SMILES string of the molecule is Cc1ccncc1CNC(=O)C1CCCCC1CN. The molecule has 2 unspecified atom stereocenters.